The van der Waals surface area contributed by atoms with E-state index >= 15 is 0 Å². The van der Waals surface area contributed by atoms with E-state index in [1.807, 2.05) is 79.7 Å². The largest absolute Gasteiger partial charge is 0.208 e. The highest BCUT2D eigenvalue weighted by Gasteiger charge is 2.13. The van der Waals surface area contributed by atoms with Crippen LogP contribution < -0.4 is 0 Å². The fourth-order valence-corrected chi connectivity index (χ4v) is 3.77. The van der Waals surface area contributed by atoms with Gasteiger partial charge in [-0.1, -0.05) is 107 Å². The van der Waals surface area contributed by atoms with Gasteiger partial charge in [0.25, 0.3) is 0 Å². The average molecular weight is 480 g/mol. The summed E-state index contributed by atoms with van der Waals surface area (Å²) in [5.41, 5.74) is 4.98. The van der Waals surface area contributed by atoms with Gasteiger partial charge in [0.2, 0.25) is 0 Å². The molecule has 4 heteroatoms. The molecule has 0 saturated carbocycles. The highest BCUT2D eigenvalue weighted by atomic mass is 79.9. The molecule has 0 spiro atoms. The standard InChI is InChI=1S/C28H22BrN3/c1-3-10-20(11-4-2)26-30-27(21-12-6-5-7-13-21)32-28(31-26)24-16-8-14-22(18-24)23-15-9-17-25(29)19-23/h3-19H,1H2,2H3/b11-4-,20-10+. The van der Waals surface area contributed by atoms with E-state index in [1.54, 1.807) is 6.08 Å². The van der Waals surface area contributed by atoms with E-state index < -0.39 is 0 Å². The van der Waals surface area contributed by atoms with Crippen LogP contribution in [0.25, 0.3) is 39.5 Å². The second-order valence-corrected chi connectivity index (χ2v) is 8.04. The van der Waals surface area contributed by atoms with Crippen LogP contribution in [0.3, 0.4) is 0 Å². The first-order valence-corrected chi connectivity index (χ1v) is 11.1. The molecular weight excluding hydrogens is 458 g/mol. The fourth-order valence-electron chi connectivity index (χ4n) is 3.37. The van der Waals surface area contributed by atoms with Gasteiger partial charge in [-0.05, 0) is 36.2 Å². The molecule has 0 aliphatic heterocycles. The average Bonchev–Trinajstić information content (AvgIpc) is 2.84. The lowest BCUT2D eigenvalue weighted by molar-refractivity contribution is 1.04. The SMILES string of the molecule is C=C/C=C(\C=C/C)c1nc(-c2ccccc2)nc(-c2cccc(-c3cccc(Br)c3)c2)n1. The minimum atomic E-state index is 0.611. The van der Waals surface area contributed by atoms with E-state index in [0.29, 0.717) is 17.5 Å². The molecule has 0 atom stereocenters. The molecule has 4 aromatic rings. The number of nitrogens with zero attached hydrogens (tertiary/aromatic N) is 3. The van der Waals surface area contributed by atoms with Crippen molar-refractivity contribution in [1.82, 2.24) is 15.0 Å². The summed E-state index contributed by atoms with van der Waals surface area (Å²) in [6.45, 7) is 5.81. The van der Waals surface area contributed by atoms with Crippen LogP contribution in [0.5, 0.6) is 0 Å². The number of rotatable bonds is 6. The Kier molecular flexibility index (Phi) is 6.83. The lowest BCUT2D eigenvalue weighted by Crippen LogP contribution is -2.02. The van der Waals surface area contributed by atoms with E-state index in [1.165, 1.54) is 0 Å². The Morgan fingerprint density at radius 3 is 2.06 bits per heavy atom. The molecule has 1 heterocycles. The summed E-state index contributed by atoms with van der Waals surface area (Å²) in [7, 11) is 0. The molecule has 0 aliphatic carbocycles. The molecule has 0 saturated heterocycles. The predicted octanol–water partition coefficient (Wildman–Crippen LogP) is 7.78. The molecule has 0 radical (unpaired) electrons. The van der Waals surface area contributed by atoms with Gasteiger partial charge < -0.3 is 0 Å². The van der Waals surface area contributed by atoms with Crippen molar-refractivity contribution in [3.8, 4) is 33.9 Å². The maximum Gasteiger partial charge on any atom is 0.164 e. The maximum absolute atomic E-state index is 4.82. The van der Waals surface area contributed by atoms with E-state index in [4.69, 9.17) is 15.0 Å². The third-order valence-corrected chi connectivity index (χ3v) is 5.34. The van der Waals surface area contributed by atoms with Crippen LogP contribution in [0.1, 0.15) is 12.7 Å². The van der Waals surface area contributed by atoms with Crippen LogP contribution in [0.2, 0.25) is 0 Å². The van der Waals surface area contributed by atoms with Gasteiger partial charge in [-0.3, -0.25) is 0 Å². The summed E-state index contributed by atoms with van der Waals surface area (Å²) in [6, 6.07) is 26.5. The van der Waals surface area contributed by atoms with Crippen molar-refractivity contribution in [2.24, 2.45) is 0 Å². The quantitative estimate of drug-likeness (QED) is 0.265. The van der Waals surface area contributed by atoms with E-state index in [9.17, 15) is 0 Å². The minimum Gasteiger partial charge on any atom is -0.208 e. The third-order valence-electron chi connectivity index (χ3n) is 4.85. The number of benzene rings is 3. The third kappa shape index (κ3) is 4.98. The Hall–Kier alpha value is -3.63. The zero-order valence-corrected chi connectivity index (χ0v) is 19.3. The predicted molar refractivity (Wildman–Crippen MR) is 137 cm³/mol. The molecule has 0 N–H and O–H groups in total. The summed E-state index contributed by atoms with van der Waals surface area (Å²) in [6.07, 6.45) is 7.60. The number of aromatic nitrogens is 3. The first-order valence-electron chi connectivity index (χ1n) is 10.3. The molecular formula is C28H22BrN3. The van der Waals surface area contributed by atoms with E-state index in [2.05, 4.69) is 46.8 Å². The molecule has 156 valence electrons. The summed E-state index contributed by atoms with van der Waals surface area (Å²) < 4.78 is 1.04. The smallest absolute Gasteiger partial charge is 0.164 e. The van der Waals surface area contributed by atoms with Crippen LogP contribution in [-0.2, 0) is 0 Å². The van der Waals surface area contributed by atoms with Gasteiger partial charge in [0, 0.05) is 21.2 Å². The highest BCUT2D eigenvalue weighted by Crippen LogP contribution is 2.28. The fraction of sp³-hybridized carbons (Fsp3) is 0.0357. The van der Waals surface area contributed by atoms with Gasteiger partial charge in [0.05, 0.1) is 0 Å². The van der Waals surface area contributed by atoms with Gasteiger partial charge in [-0.25, -0.2) is 15.0 Å². The van der Waals surface area contributed by atoms with Crippen molar-refractivity contribution in [3.05, 3.63) is 120 Å². The number of allylic oxidation sites excluding steroid dienone is 5. The molecule has 4 rings (SSSR count). The number of hydrogen-bond donors (Lipinski definition) is 0. The van der Waals surface area contributed by atoms with Crippen LogP contribution >= 0.6 is 15.9 Å². The highest BCUT2D eigenvalue weighted by molar-refractivity contribution is 9.10. The van der Waals surface area contributed by atoms with Crippen LogP contribution in [-0.4, -0.2) is 15.0 Å². The first kappa shape index (κ1) is 21.6. The van der Waals surface area contributed by atoms with Crippen molar-refractivity contribution < 1.29 is 0 Å². The van der Waals surface area contributed by atoms with Crippen LogP contribution in [0.15, 0.2) is 114 Å². The second kappa shape index (κ2) is 10.1. The number of halogens is 1. The summed E-state index contributed by atoms with van der Waals surface area (Å²) in [4.78, 5) is 14.4. The monoisotopic (exact) mass is 479 g/mol. The van der Waals surface area contributed by atoms with E-state index in [0.717, 1.165) is 32.3 Å². The molecule has 0 unspecified atom stereocenters. The second-order valence-electron chi connectivity index (χ2n) is 7.12. The Bertz CT molecular complexity index is 1310. The lowest BCUT2D eigenvalue weighted by Gasteiger charge is -2.10. The minimum absolute atomic E-state index is 0.611. The van der Waals surface area contributed by atoms with Gasteiger partial charge in [-0.2, -0.15) is 0 Å². The Morgan fingerprint density at radius 1 is 0.750 bits per heavy atom. The van der Waals surface area contributed by atoms with Gasteiger partial charge in [0.15, 0.2) is 17.5 Å². The molecule has 3 aromatic carbocycles. The molecule has 0 fully saturated rings. The topological polar surface area (TPSA) is 38.7 Å². The molecule has 0 aliphatic rings. The van der Waals surface area contributed by atoms with Crippen molar-refractivity contribution >= 4 is 21.5 Å². The van der Waals surface area contributed by atoms with E-state index in [-0.39, 0.29) is 0 Å². The molecule has 1 aromatic heterocycles. The summed E-state index contributed by atoms with van der Waals surface area (Å²) >= 11 is 3.56. The summed E-state index contributed by atoms with van der Waals surface area (Å²) in [5, 5.41) is 0. The Morgan fingerprint density at radius 2 is 1.38 bits per heavy atom. The lowest BCUT2D eigenvalue weighted by atomic mass is 10.0. The number of hydrogen-bond acceptors (Lipinski definition) is 3. The van der Waals surface area contributed by atoms with Gasteiger partial charge in [-0.15, -0.1) is 0 Å². The zero-order valence-electron chi connectivity index (χ0n) is 17.7. The Balaban J connectivity index is 1.88. The van der Waals surface area contributed by atoms with Crippen LogP contribution in [0, 0.1) is 0 Å². The molecule has 0 amide bonds. The van der Waals surface area contributed by atoms with Crippen molar-refractivity contribution in [1.29, 1.82) is 0 Å². The first-order chi connectivity index (χ1) is 15.7. The normalized spacial score (nSPS) is 11.6. The zero-order chi connectivity index (χ0) is 22.3. The maximum atomic E-state index is 4.82. The van der Waals surface area contributed by atoms with Crippen molar-refractivity contribution in [2.45, 2.75) is 6.92 Å². The Labute approximate surface area is 197 Å². The molecule has 0 bridgehead atoms. The van der Waals surface area contributed by atoms with Crippen LogP contribution in [0.4, 0.5) is 0 Å². The van der Waals surface area contributed by atoms with Crippen molar-refractivity contribution in [2.75, 3.05) is 0 Å². The van der Waals surface area contributed by atoms with Gasteiger partial charge in [0.1, 0.15) is 0 Å². The molecule has 32 heavy (non-hydrogen) atoms. The summed E-state index contributed by atoms with van der Waals surface area (Å²) in [5.74, 6) is 1.88. The van der Waals surface area contributed by atoms with Crippen molar-refractivity contribution in [3.63, 3.8) is 0 Å². The molecule has 3 nitrogen and oxygen atoms in total. The van der Waals surface area contributed by atoms with Gasteiger partial charge >= 0.3 is 0 Å².